The van der Waals surface area contributed by atoms with Gasteiger partial charge < -0.3 is 9.84 Å². The van der Waals surface area contributed by atoms with E-state index >= 15 is 0 Å². The summed E-state index contributed by atoms with van der Waals surface area (Å²) in [6.07, 6.45) is 1.39. The number of piperidine rings is 1. The first kappa shape index (κ1) is 19.7. The number of hydrogen-bond donors (Lipinski definition) is 2. The second kappa shape index (κ2) is 8.30. The van der Waals surface area contributed by atoms with Crippen LogP contribution in [0.15, 0.2) is 18.2 Å². The summed E-state index contributed by atoms with van der Waals surface area (Å²) in [5, 5.41) is 10.9. The van der Waals surface area contributed by atoms with Gasteiger partial charge in [-0.3, -0.25) is 34.2 Å². The minimum atomic E-state index is -1.06. The maximum absolute atomic E-state index is 12.9. The van der Waals surface area contributed by atoms with Gasteiger partial charge in [-0.2, -0.15) is 0 Å². The molecule has 0 saturated carbocycles. The summed E-state index contributed by atoms with van der Waals surface area (Å²) >= 11 is 0. The smallest absolute Gasteiger partial charge is 0.266 e. The number of hydrogen-bond acceptors (Lipinski definition) is 7. The van der Waals surface area contributed by atoms with Crippen LogP contribution in [0.2, 0.25) is 0 Å². The fourth-order valence-electron chi connectivity index (χ4n) is 3.27. The zero-order chi connectivity index (χ0) is 20.3. The average molecular weight is 388 g/mol. The summed E-state index contributed by atoms with van der Waals surface area (Å²) in [5.74, 6) is -2.54. The van der Waals surface area contributed by atoms with Crippen LogP contribution in [0.1, 0.15) is 52.8 Å². The van der Waals surface area contributed by atoms with Crippen LogP contribution in [0.4, 0.5) is 0 Å². The van der Waals surface area contributed by atoms with Gasteiger partial charge >= 0.3 is 0 Å². The van der Waals surface area contributed by atoms with E-state index in [1.54, 1.807) is 0 Å². The maximum atomic E-state index is 12.9. The minimum Gasteiger partial charge on any atom is -0.485 e. The number of imide groups is 2. The van der Waals surface area contributed by atoms with Gasteiger partial charge in [-0.1, -0.05) is 6.07 Å². The van der Waals surface area contributed by atoms with E-state index < -0.39 is 29.7 Å². The van der Waals surface area contributed by atoms with Gasteiger partial charge in [0.15, 0.2) is 5.78 Å². The molecule has 1 fully saturated rings. The lowest BCUT2D eigenvalue weighted by Gasteiger charge is -2.27. The van der Waals surface area contributed by atoms with E-state index in [2.05, 4.69) is 5.32 Å². The molecule has 4 amide bonds. The predicted octanol–water partition coefficient (Wildman–Crippen LogP) is 0.198. The van der Waals surface area contributed by atoms with Crippen LogP contribution in [0.3, 0.4) is 0 Å². The number of Topliss-reactive ketones (excluding diaryl/α,β-unsaturated/α-hetero) is 1. The molecule has 2 aliphatic heterocycles. The van der Waals surface area contributed by atoms with Crippen molar-refractivity contribution in [2.45, 2.75) is 38.1 Å². The van der Waals surface area contributed by atoms with Gasteiger partial charge in [-0.15, -0.1) is 0 Å². The van der Waals surface area contributed by atoms with E-state index in [1.807, 2.05) is 0 Å². The van der Waals surface area contributed by atoms with E-state index in [1.165, 1.54) is 18.2 Å². The van der Waals surface area contributed by atoms with Gasteiger partial charge in [0.2, 0.25) is 11.8 Å². The van der Waals surface area contributed by atoms with E-state index in [4.69, 9.17) is 9.84 Å². The molecule has 2 heterocycles. The fraction of sp³-hybridized carbons (Fsp3) is 0.421. The third-order valence-corrected chi connectivity index (χ3v) is 4.68. The molecule has 1 saturated heterocycles. The number of rotatable bonds is 8. The normalized spacial score (nSPS) is 18.9. The molecule has 2 N–H and O–H groups in total. The van der Waals surface area contributed by atoms with Crippen LogP contribution in [0.25, 0.3) is 0 Å². The number of carbonyl (C=O) groups excluding carboxylic acids is 5. The molecule has 1 aromatic carbocycles. The highest BCUT2D eigenvalue weighted by molar-refractivity contribution is 6.24. The molecule has 9 nitrogen and oxygen atoms in total. The topological polar surface area (TPSA) is 130 Å². The molecule has 1 aromatic rings. The van der Waals surface area contributed by atoms with Crippen molar-refractivity contribution in [3.63, 3.8) is 0 Å². The van der Waals surface area contributed by atoms with Crippen LogP contribution < -0.4 is 10.1 Å². The average Bonchev–Trinajstić information content (AvgIpc) is 2.92. The Hall–Kier alpha value is -3.07. The fourth-order valence-corrected chi connectivity index (χ4v) is 3.27. The molecule has 28 heavy (non-hydrogen) atoms. The molecule has 3 rings (SSSR count). The third-order valence-electron chi connectivity index (χ3n) is 4.68. The molecule has 0 spiro atoms. The van der Waals surface area contributed by atoms with Gasteiger partial charge in [0.05, 0.1) is 11.1 Å². The molecule has 1 atom stereocenters. The van der Waals surface area contributed by atoms with Crippen molar-refractivity contribution >= 4 is 29.4 Å². The summed E-state index contributed by atoms with van der Waals surface area (Å²) in [6.45, 7) is -0.255. The first-order chi connectivity index (χ1) is 13.4. The number of benzene rings is 1. The zero-order valence-corrected chi connectivity index (χ0v) is 15.1. The Labute approximate surface area is 160 Å². The Morgan fingerprint density at radius 2 is 1.96 bits per heavy atom. The molecule has 1 unspecified atom stereocenters. The van der Waals surface area contributed by atoms with Crippen LogP contribution in [-0.4, -0.2) is 58.7 Å². The Balaban J connectivity index is 1.76. The molecular formula is C19H20N2O7. The number of aliphatic hydroxyl groups is 1. The van der Waals surface area contributed by atoms with Crippen molar-refractivity contribution in [2.75, 3.05) is 13.2 Å². The first-order valence-electron chi connectivity index (χ1n) is 9.04. The monoisotopic (exact) mass is 388 g/mol. The Morgan fingerprint density at radius 1 is 1.18 bits per heavy atom. The summed E-state index contributed by atoms with van der Waals surface area (Å²) in [6, 6.07) is 3.41. The van der Waals surface area contributed by atoms with Gasteiger partial charge in [-0.25, -0.2) is 0 Å². The highest BCUT2D eigenvalue weighted by Crippen LogP contribution is 2.33. The van der Waals surface area contributed by atoms with Crippen LogP contribution in [0, 0.1) is 0 Å². The number of amides is 4. The highest BCUT2D eigenvalue weighted by Gasteiger charge is 2.46. The Kier molecular flexibility index (Phi) is 5.84. The molecule has 0 radical (unpaired) electrons. The van der Waals surface area contributed by atoms with Gasteiger partial charge in [0.1, 0.15) is 18.4 Å². The Morgan fingerprint density at radius 3 is 2.68 bits per heavy atom. The quantitative estimate of drug-likeness (QED) is 0.480. The summed E-state index contributed by atoms with van der Waals surface area (Å²) < 4.78 is 5.47. The third kappa shape index (κ3) is 3.79. The SMILES string of the molecule is O=C(CCCCO)COc1cccc2c1C(=O)N(C1CCC(=O)NC1=O)C2=O. The number of nitrogens with one attached hydrogen (secondary N) is 1. The van der Waals surface area contributed by atoms with E-state index in [0.29, 0.717) is 12.8 Å². The second-order valence-corrected chi connectivity index (χ2v) is 6.63. The largest absolute Gasteiger partial charge is 0.485 e. The molecule has 0 aromatic heterocycles. The van der Waals surface area contributed by atoms with Crippen LogP contribution >= 0.6 is 0 Å². The number of aliphatic hydroxyl groups excluding tert-OH is 1. The summed E-state index contributed by atoms with van der Waals surface area (Å²) in [5.41, 5.74) is 0.111. The maximum Gasteiger partial charge on any atom is 0.266 e. The van der Waals surface area contributed by atoms with E-state index in [9.17, 15) is 24.0 Å². The molecule has 148 valence electrons. The van der Waals surface area contributed by atoms with Crippen LogP contribution in [0.5, 0.6) is 5.75 Å². The highest BCUT2D eigenvalue weighted by atomic mass is 16.5. The number of unbranched alkanes of at least 4 members (excludes halogenated alkanes) is 1. The minimum absolute atomic E-state index is 0.00706. The number of nitrogens with zero attached hydrogens (tertiary/aromatic N) is 1. The zero-order valence-electron chi connectivity index (χ0n) is 15.1. The lowest BCUT2D eigenvalue weighted by atomic mass is 10.0. The Bertz CT molecular complexity index is 849. The van der Waals surface area contributed by atoms with E-state index in [-0.39, 0.29) is 55.1 Å². The second-order valence-electron chi connectivity index (χ2n) is 6.63. The van der Waals surface area contributed by atoms with Crippen molar-refractivity contribution in [1.29, 1.82) is 0 Å². The predicted molar refractivity (Wildman–Crippen MR) is 94.6 cm³/mol. The molecular weight excluding hydrogens is 368 g/mol. The number of carbonyl (C=O) groups is 5. The summed E-state index contributed by atoms with van der Waals surface area (Å²) in [7, 11) is 0. The number of fused-ring (bicyclic) bond motifs is 1. The standard InChI is InChI=1S/C19H20N2O7/c22-9-2-1-4-11(23)10-28-14-6-3-5-12-16(14)19(27)21(18(12)26)13-7-8-15(24)20-17(13)25/h3,5-6,13,22H,1-2,4,7-10H2,(H,20,24,25). The van der Waals surface area contributed by atoms with E-state index in [0.717, 1.165) is 4.90 Å². The van der Waals surface area contributed by atoms with Crippen molar-refractivity contribution < 1.29 is 33.8 Å². The van der Waals surface area contributed by atoms with Gasteiger partial charge in [0.25, 0.3) is 11.8 Å². The summed E-state index contributed by atoms with van der Waals surface area (Å²) in [4.78, 5) is 61.7. The number of ether oxygens (including phenoxy) is 1. The lowest BCUT2D eigenvalue weighted by molar-refractivity contribution is -0.136. The van der Waals surface area contributed by atoms with Crippen molar-refractivity contribution in [3.05, 3.63) is 29.3 Å². The van der Waals surface area contributed by atoms with Crippen molar-refractivity contribution in [1.82, 2.24) is 10.2 Å². The van der Waals surface area contributed by atoms with Crippen molar-refractivity contribution in [3.8, 4) is 5.75 Å². The molecule has 0 bridgehead atoms. The van der Waals surface area contributed by atoms with Crippen LogP contribution in [-0.2, 0) is 14.4 Å². The van der Waals surface area contributed by atoms with Crippen molar-refractivity contribution in [2.24, 2.45) is 0 Å². The molecule has 9 heteroatoms. The van der Waals surface area contributed by atoms with Gasteiger partial charge in [0, 0.05) is 19.4 Å². The van der Waals surface area contributed by atoms with Gasteiger partial charge in [-0.05, 0) is 31.4 Å². The number of ketones is 1. The first-order valence-corrected chi connectivity index (χ1v) is 9.04. The molecule has 2 aliphatic rings. The lowest BCUT2D eigenvalue weighted by Crippen LogP contribution is -2.54. The molecule has 0 aliphatic carbocycles.